The van der Waals surface area contributed by atoms with E-state index in [0.717, 1.165) is 6.54 Å². The molecule has 1 heterocycles. The molecule has 0 radical (unpaired) electrons. The quantitative estimate of drug-likeness (QED) is 0.575. The summed E-state index contributed by atoms with van der Waals surface area (Å²) in [5, 5.41) is 0. The van der Waals surface area contributed by atoms with E-state index in [4.69, 9.17) is 6.42 Å². The predicted octanol–water partition coefficient (Wildman–Crippen LogP) is 1.74. The van der Waals surface area contributed by atoms with Gasteiger partial charge in [0.15, 0.2) is 0 Å². The number of alkyl halides is 2. The molecule has 0 N–H and O–H groups in total. The summed E-state index contributed by atoms with van der Waals surface area (Å²) in [5.74, 6) is 0.0687. The molecule has 0 aliphatic carbocycles. The molecule has 0 amide bonds. The van der Waals surface area contributed by atoms with Gasteiger partial charge in [0.1, 0.15) is 0 Å². The van der Waals surface area contributed by atoms with Gasteiger partial charge in [-0.15, -0.1) is 12.3 Å². The zero-order valence-electron chi connectivity index (χ0n) is 7.02. The van der Waals surface area contributed by atoms with E-state index in [-0.39, 0.29) is 12.8 Å². The van der Waals surface area contributed by atoms with Gasteiger partial charge in [-0.2, -0.15) is 0 Å². The molecule has 1 aliphatic heterocycles. The minimum absolute atomic E-state index is 0.0163. The van der Waals surface area contributed by atoms with E-state index >= 15 is 0 Å². The molecule has 0 aromatic heterocycles. The monoisotopic (exact) mass is 173 g/mol. The first kappa shape index (κ1) is 9.47. The number of hydrogen-bond donors (Lipinski definition) is 0. The zero-order valence-corrected chi connectivity index (χ0v) is 7.02. The summed E-state index contributed by atoms with van der Waals surface area (Å²) in [5.41, 5.74) is 0. The summed E-state index contributed by atoms with van der Waals surface area (Å²) in [6.45, 7) is 1.72. The van der Waals surface area contributed by atoms with Crippen LogP contribution in [0.25, 0.3) is 0 Å². The number of hydrogen-bond acceptors (Lipinski definition) is 1. The smallest absolute Gasteiger partial charge is 0.250 e. The van der Waals surface area contributed by atoms with Crippen LogP contribution in [0.5, 0.6) is 0 Å². The Morgan fingerprint density at radius 3 is 2.42 bits per heavy atom. The average Bonchev–Trinajstić information content (AvgIpc) is 2.03. The summed E-state index contributed by atoms with van der Waals surface area (Å²) < 4.78 is 25.3. The Morgan fingerprint density at radius 2 is 1.92 bits per heavy atom. The Kier molecular flexibility index (Phi) is 3.05. The van der Waals surface area contributed by atoms with Crippen LogP contribution < -0.4 is 0 Å². The Balaban J connectivity index is 2.23. The molecular weight excluding hydrogens is 160 g/mol. The highest BCUT2D eigenvalue weighted by atomic mass is 19.3. The van der Waals surface area contributed by atoms with Crippen LogP contribution in [-0.2, 0) is 0 Å². The summed E-state index contributed by atoms with van der Waals surface area (Å²) in [6, 6.07) is 0. The highest BCUT2D eigenvalue weighted by Gasteiger charge is 2.33. The van der Waals surface area contributed by atoms with Crippen LogP contribution in [0.15, 0.2) is 0 Å². The number of terminal acetylenes is 1. The number of halogens is 2. The molecule has 1 saturated heterocycles. The first-order chi connectivity index (χ1) is 5.64. The Bertz CT molecular complexity index is 173. The molecule has 1 nitrogen and oxygen atoms in total. The average molecular weight is 173 g/mol. The van der Waals surface area contributed by atoms with Crippen LogP contribution in [-0.4, -0.2) is 30.5 Å². The van der Waals surface area contributed by atoms with E-state index in [1.165, 1.54) is 0 Å². The summed E-state index contributed by atoms with van der Waals surface area (Å²) in [4.78, 5) is 2.00. The van der Waals surface area contributed by atoms with Crippen molar-refractivity contribution in [2.75, 3.05) is 19.6 Å². The molecule has 68 valence electrons. The molecular formula is C9H13F2N. The second kappa shape index (κ2) is 3.86. The Hall–Kier alpha value is -0.620. The van der Waals surface area contributed by atoms with Crippen LogP contribution in [0.1, 0.15) is 19.3 Å². The van der Waals surface area contributed by atoms with Crippen molar-refractivity contribution in [3.63, 3.8) is 0 Å². The largest absolute Gasteiger partial charge is 0.302 e. The van der Waals surface area contributed by atoms with Gasteiger partial charge in [-0.05, 0) is 0 Å². The van der Waals surface area contributed by atoms with Gasteiger partial charge < -0.3 is 4.90 Å². The zero-order chi connectivity index (χ0) is 9.03. The van der Waals surface area contributed by atoms with Gasteiger partial charge in [-0.1, -0.05) is 0 Å². The molecule has 1 aliphatic rings. The third-order valence-electron chi connectivity index (χ3n) is 2.16. The molecule has 1 rings (SSSR count). The lowest BCUT2D eigenvalue weighted by Gasteiger charge is -2.31. The minimum atomic E-state index is -2.44. The number of likely N-dealkylation sites (tertiary alicyclic amines) is 1. The summed E-state index contributed by atoms with van der Waals surface area (Å²) in [7, 11) is 0. The van der Waals surface area contributed by atoms with Gasteiger partial charge in [0, 0.05) is 38.9 Å². The first-order valence-electron chi connectivity index (χ1n) is 4.18. The number of rotatable bonds is 2. The number of nitrogens with zero attached hydrogens (tertiary/aromatic N) is 1. The van der Waals surface area contributed by atoms with E-state index in [2.05, 4.69) is 5.92 Å². The molecule has 1 fully saturated rings. The van der Waals surface area contributed by atoms with Crippen LogP contribution in [0.3, 0.4) is 0 Å². The van der Waals surface area contributed by atoms with Gasteiger partial charge in [-0.25, -0.2) is 8.78 Å². The van der Waals surface area contributed by atoms with Crippen LogP contribution in [0.4, 0.5) is 8.78 Å². The molecule has 0 aromatic carbocycles. The second-order valence-electron chi connectivity index (χ2n) is 3.15. The van der Waals surface area contributed by atoms with Gasteiger partial charge in [0.2, 0.25) is 0 Å². The van der Waals surface area contributed by atoms with Crippen molar-refractivity contribution in [3.05, 3.63) is 0 Å². The van der Waals surface area contributed by atoms with Crippen molar-refractivity contribution in [1.82, 2.24) is 4.90 Å². The molecule has 0 aromatic rings. The van der Waals surface area contributed by atoms with Crippen molar-refractivity contribution in [1.29, 1.82) is 0 Å². The Morgan fingerprint density at radius 1 is 1.33 bits per heavy atom. The molecule has 3 heteroatoms. The van der Waals surface area contributed by atoms with Gasteiger partial charge in [0.05, 0.1) is 0 Å². The lowest BCUT2D eigenvalue weighted by Crippen LogP contribution is -2.39. The van der Waals surface area contributed by atoms with E-state index in [1.807, 2.05) is 4.90 Å². The van der Waals surface area contributed by atoms with Crippen molar-refractivity contribution >= 4 is 0 Å². The van der Waals surface area contributed by atoms with Crippen molar-refractivity contribution < 1.29 is 8.78 Å². The third-order valence-corrected chi connectivity index (χ3v) is 2.16. The fraction of sp³-hybridized carbons (Fsp3) is 0.778. The summed E-state index contributed by atoms with van der Waals surface area (Å²) >= 11 is 0. The lowest BCUT2D eigenvalue weighted by molar-refractivity contribution is -0.0546. The minimum Gasteiger partial charge on any atom is -0.302 e. The lowest BCUT2D eigenvalue weighted by atomic mass is 10.1. The predicted molar refractivity (Wildman–Crippen MR) is 44.1 cm³/mol. The fourth-order valence-corrected chi connectivity index (χ4v) is 1.33. The standard InChI is InChI=1S/C9H13F2N/c1-2-3-6-12-7-4-9(10,11)5-8-12/h1H,3-8H2. The van der Waals surface area contributed by atoms with E-state index in [1.54, 1.807) is 0 Å². The van der Waals surface area contributed by atoms with E-state index in [0.29, 0.717) is 19.5 Å². The van der Waals surface area contributed by atoms with E-state index in [9.17, 15) is 8.78 Å². The van der Waals surface area contributed by atoms with Crippen molar-refractivity contribution in [3.8, 4) is 12.3 Å². The highest BCUT2D eigenvalue weighted by Crippen LogP contribution is 2.27. The van der Waals surface area contributed by atoms with Gasteiger partial charge in [0.25, 0.3) is 5.92 Å². The first-order valence-corrected chi connectivity index (χ1v) is 4.18. The fourth-order valence-electron chi connectivity index (χ4n) is 1.33. The Labute approximate surface area is 71.7 Å². The maximum atomic E-state index is 12.6. The third kappa shape index (κ3) is 2.78. The number of piperidine rings is 1. The molecule has 0 unspecified atom stereocenters. The molecule has 0 saturated carbocycles. The highest BCUT2D eigenvalue weighted by molar-refractivity contribution is 4.86. The second-order valence-corrected chi connectivity index (χ2v) is 3.15. The van der Waals surface area contributed by atoms with E-state index < -0.39 is 5.92 Å². The van der Waals surface area contributed by atoms with Crippen LogP contribution in [0.2, 0.25) is 0 Å². The topological polar surface area (TPSA) is 3.24 Å². The molecule has 12 heavy (non-hydrogen) atoms. The SMILES string of the molecule is C#CCCN1CCC(F)(F)CC1. The van der Waals surface area contributed by atoms with Crippen molar-refractivity contribution in [2.24, 2.45) is 0 Å². The molecule has 0 spiro atoms. The van der Waals surface area contributed by atoms with Crippen molar-refractivity contribution in [2.45, 2.75) is 25.2 Å². The van der Waals surface area contributed by atoms with Gasteiger partial charge in [-0.3, -0.25) is 0 Å². The van der Waals surface area contributed by atoms with Gasteiger partial charge >= 0.3 is 0 Å². The normalized spacial score (nSPS) is 23.4. The molecule has 0 bridgehead atoms. The maximum absolute atomic E-state index is 12.6. The molecule has 0 atom stereocenters. The van der Waals surface area contributed by atoms with Crippen LogP contribution >= 0.6 is 0 Å². The summed E-state index contributed by atoms with van der Waals surface area (Å²) in [6.07, 6.45) is 5.70. The van der Waals surface area contributed by atoms with Crippen LogP contribution in [0, 0.1) is 12.3 Å². The maximum Gasteiger partial charge on any atom is 0.250 e.